The predicted octanol–water partition coefficient (Wildman–Crippen LogP) is 6.24. The van der Waals surface area contributed by atoms with Crippen molar-refractivity contribution in [1.29, 1.82) is 0 Å². The summed E-state index contributed by atoms with van der Waals surface area (Å²) in [6, 6.07) is 11.6. The van der Waals surface area contributed by atoms with Gasteiger partial charge in [0.25, 0.3) is 5.91 Å². The van der Waals surface area contributed by atoms with Gasteiger partial charge in [0.05, 0.1) is 18.4 Å². The first-order chi connectivity index (χ1) is 20.2. The molecule has 42 heavy (non-hydrogen) atoms. The number of hydrogen-bond acceptors (Lipinski definition) is 5. The molecule has 0 bridgehead atoms. The fourth-order valence-corrected chi connectivity index (χ4v) is 8.04. The third-order valence-corrected chi connectivity index (χ3v) is 10.8. The van der Waals surface area contributed by atoms with Crippen LogP contribution in [0.4, 0.5) is 5.69 Å². The highest BCUT2D eigenvalue weighted by Gasteiger charge is 2.44. The summed E-state index contributed by atoms with van der Waals surface area (Å²) in [6.07, 6.45) is 6.73. The molecule has 3 aliphatic rings. The number of ether oxygens (including phenoxy) is 1. The number of carbonyl (C=O) groups is 1. The number of thiol groups is 1. The van der Waals surface area contributed by atoms with Crippen LogP contribution in [0.2, 0.25) is 5.02 Å². The highest BCUT2D eigenvalue weighted by Crippen LogP contribution is 2.46. The number of rotatable bonds is 8. The van der Waals surface area contributed by atoms with E-state index in [1.807, 2.05) is 25.1 Å². The third kappa shape index (κ3) is 6.56. The van der Waals surface area contributed by atoms with Gasteiger partial charge < -0.3 is 14.7 Å². The van der Waals surface area contributed by atoms with E-state index in [2.05, 4.69) is 39.8 Å². The lowest BCUT2D eigenvalue weighted by Crippen LogP contribution is -2.49. The maximum Gasteiger partial charge on any atom is 0.284 e. The zero-order valence-corrected chi connectivity index (χ0v) is 26.2. The van der Waals surface area contributed by atoms with E-state index in [-0.39, 0.29) is 17.3 Å². The molecule has 1 aliphatic heterocycles. The van der Waals surface area contributed by atoms with Gasteiger partial charge in [-0.3, -0.25) is 9.00 Å². The number of halogens is 1. The van der Waals surface area contributed by atoms with Crippen LogP contribution in [-0.2, 0) is 22.4 Å². The Bertz CT molecular complexity index is 1490. The summed E-state index contributed by atoms with van der Waals surface area (Å²) in [4.78, 5) is 15.5. The average molecular weight is 609 g/mol. The van der Waals surface area contributed by atoms with E-state index in [0.717, 1.165) is 61.7 Å². The van der Waals surface area contributed by atoms with E-state index in [4.69, 9.17) is 16.3 Å². The average Bonchev–Trinajstić information content (AvgIpc) is 3.10. The molecule has 1 unspecified atom stereocenters. The van der Waals surface area contributed by atoms with Crippen molar-refractivity contribution in [3.63, 3.8) is 0 Å². The Morgan fingerprint density at radius 3 is 2.90 bits per heavy atom. The van der Waals surface area contributed by atoms with Crippen LogP contribution in [0.5, 0.6) is 5.75 Å². The van der Waals surface area contributed by atoms with Crippen LogP contribution in [0.3, 0.4) is 0 Å². The minimum Gasteiger partial charge on any atom is -0.490 e. The molecule has 2 aromatic rings. The number of aliphatic hydroxyl groups is 1. The summed E-state index contributed by atoms with van der Waals surface area (Å²) < 4.78 is 23.3. The van der Waals surface area contributed by atoms with Gasteiger partial charge in [0.2, 0.25) is 0 Å². The molecular formula is C34H41ClN2O4S. The molecule has 6 nitrogen and oxygen atoms in total. The maximum absolute atomic E-state index is 13.2. The summed E-state index contributed by atoms with van der Waals surface area (Å²) in [5, 5.41) is 11.3. The molecule has 5 rings (SSSR count). The van der Waals surface area contributed by atoms with E-state index in [1.165, 1.54) is 11.1 Å². The van der Waals surface area contributed by atoms with Crippen molar-refractivity contribution >= 4 is 33.8 Å². The lowest BCUT2D eigenvalue weighted by Gasteiger charge is -2.45. The minimum atomic E-state index is -2.03. The van der Waals surface area contributed by atoms with Crippen molar-refractivity contribution in [3.8, 4) is 17.6 Å². The third-order valence-electron chi connectivity index (χ3n) is 9.19. The zero-order chi connectivity index (χ0) is 29.9. The maximum atomic E-state index is 13.2. The molecular weight excluding hydrogens is 568 g/mol. The van der Waals surface area contributed by atoms with Crippen LogP contribution in [0, 0.1) is 29.6 Å². The lowest BCUT2D eigenvalue weighted by molar-refractivity contribution is 0.0460. The van der Waals surface area contributed by atoms with Crippen molar-refractivity contribution < 1.29 is 18.8 Å². The molecule has 224 valence electrons. The first-order valence-corrected chi connectivity index (χ1v) is 16.7. The van der Waals surface area contributed by atoms with Crippen LogP contribution in [-0.4, -0.2) is 46.8 Å². The molecule has 8 heteroatoms. The number of hydrogen-bond donors (Lipinski definition) is 2. The standard InChI is InChI=1S/C34H41ClN2O4S/c1-4-6-8-23(3)20-42(40)36-33(39)25-11-15-32-30(18-25)37(19-26-10-13-28(26)31(38)5-2)21-34(22-41-32)16-7-9-24-17-27(35)12-14-29(24)34/h5,11-12,14-15,17-18,23,26,28,31,38,42H,2,7-10,13,16,19-22H2,1,3H3/t23-,26-,28+,31-,34-/m0/s1. The molecule has 0 saturated heterocycles. The van der Waals surface area contributed by atoms with E-state index in [1.54, 1.807) is 19.1 Å². The highest BCUT2D eigenvalue weighted by atomic mass is 35.5. The Kier molecular flexibility index (Phi) is 9.67. The second kappa shape index (κ2) is 13.2. The monoisotopic (exact) mass is 608 g/mol. The number of amides is 1. The Morgan fingerprint density at radius 2 is 2.17 bits per heavy atom. The topological polar surface area (TPSA) is 79.2 Å². The van der Waals surface area contributed by atoms with Gasteiger partial charge in [-0.1, -0.05) is 30.7 Å². The Balaban J connectivity index is 1.47. The van der Waals surface area contributed by atoms with Gasteiger partial charge in [-0.05, 0) is 98.2 Å². The smallest absolute Gasteiger partial charge is 0.284 e. The Labute approximate surface area is 256 Å². The van der Waals surface area contributed by atoms with Crippen LogP contribution in [0.1, 0.15) is 67.4 Å². The summed E-state index contributed by atoms with van der Waals surface area (Å²) in [5.74, 6) is 6.98. The van der Waals surface area contributed by atoms with E-state index >= 15 is 0 Å². The fraction of sp³-hybridized carbons (Fsp3) is 0.500. The summed E-state index contributed by atoms with van der Waals surface area (Å²) in [6.45, 7) is 9.54. The van der Waals surface area contributed by atoms with Crippen molar-refractivity contribution in [3.05, 3.63) is 70.8 Å². The largest absolute Gasteiger partial charge is 0.490 e. The molecule has 6 atom stereocenters. The SMILES string of the molecule is C=C[C@H](O)[C@@H]1CC[C@H]1CN1C[C@@]2(CCCc3cc(Cl)ccc32)COc2ccc(C(=O)/N=[SH](=O)/C[C@@H](C)CC#CC)cc21. The van der Waals surface area contributed by atoms with Gasteiger partial charge in [-0.25, -0.2) is 0 Å². The molecule has 1 heterocycles. The molecule has 0 radical (unpaired) electrons. The molecule has 1 saturated carbocycles. The number of benzene rings is 2. The molecule has 2 aromatic carbocycles. The quantitative estimate of drug-likeness (QED) is 0.211. The van der Waals surface area contributed by atoms with Gasteiger partial charge >= 0.3 is 0 Å². The van der Waals surface area contributed by atoms with E-state index in [9.17, 15) is 14.1 Å². The Morgan fingerprint density at radius 1 is 1.33 bits per heavy atom. The fourth-order valence-electron chi connectivity index (χ4n) is 6.78. The van der Waals surface area contributed by atoms with Gasteiger partial charge in [0, 0.05) is 51.9 Å². The molecule has 1 spiro atoms. The Hall–Kier alpha value is -2.79. The summed E-state index contributed by atoms with van der Waals surface area (Å²) in [7, 11) is -2.03. The normalized spacial score (nSPS) is 25.0. The molecule has 1 fully saturated rings. The molecule has 1 amide bonds. The van der Waals surface area contributed by atoms with Gasteiger partial charge in [0.1, 0.15) is 5.75 Å². The molecule has 1 N–H and O–H groups in total. The predicted molar refractivity (Wildman–Crippen MR) is 171 cm³/mol. The van der Waals surface area contributed by atoms with Gasteiger partial charge in [-0.15, -0.1) is 18.4 Å². The number of aliphatic hydroxyl groups excluding tert-OH is 1. The summed E-state index contributed by atoms with van der Waals surface area (Å²) in [5.41, 5.74) is 3.55. The van der Waals surface area contributed by atoms with Crippen molar-refractivity contribution in [2.24, 2.45) is 22.1 Å². The van der Waals surface area contributed by atoms with Gasteiger partial charge in [0.15, 0.2) is 0 Å². The van der Waals surface area contributed by atoms with Crippen LogP contribution in [0.25, 0.3) is 0 Å². The van der Waals surface area contributed by atoms with Gasteiger partial charge in [-0.2, -0.15) is 4.36 Å². The van der Waals surface area contributed by atoms with Crippen LogP contribution in [0.15, 0.2) is 53.4 Å². The lowest BCUT2D eigenvalue weighted by atomic mass is 9.68. The number of anilines is 1. The van der Waals surface area contributed by atoms with Crippen molar-refractivity contribution in [2.45, 2.75) is 63.9 Å². The minimum absolute atomic E-state index is 0.0966. The molecule has 0 aromatic heterocycles. The first kappa shape index (κ1) is 30.7. The number of carbonyl (C=O) groups excluding carboxylic acids is 1. The second-order valence-corrected chi connectivity index (χ2v) is 13.9. The van der Waals surface area contributed by atoms with Crippen LogP contribution < -0.4 is 9.64 Å². The van der Waals surface area contributed by atoms with Crippen LogP contribution >= 0.6 is 11.6 Å². The first-order valence-electron chi connectivity index (χ1n) is 14.9. The van der Waals surface area contributed by atoms with E-state index in [0.29, 0.717) is 30.3 Å². The number of nitrogens with zero attached hydrogens (tertiary/aromatic N) is 2. The van der Waals surface area contributed by atoms with E-state index < -0.39 is 22.6 Å². The molecule has 2 aliphatic carbocycles. The van der Waals surface area contributed by atoms with Crippen molar-refractivity contribution in [1.82, 2.24) is 0 Å². The number of fused-ring (bicyclic) bond motifs is 3. The van der Waals surface area contributed by atoms with Crippen molar-refractivity contribution in [2.75, 3.05) is 30.3 Å². The summed E-state index contributed by atoms with van der Waals surface area (Å²) >= 11 is 6.38. The number of aryl methyl sites for hydroxylation is 1. The zero-order valence-electron chi connectivity index (χ0n) is 24.5. The highest BCUT2D eigenvalue weighted by molar-refractivity contribution is 7.75. The second-order valence-electron chi connectivity index (χ2n) is 12.2.